The van der Waals surface area contributed by atoms with E-state index in [-0.39, 0.29) is 54.7 Å². The predicted molar refractivity (Wildman–Crippen MR) is 326 cm³/mol. The lowest BCUT2D eigenvalue weighted by Gasteiger charge is -2.53. The van der Waals surface area contributed by atoms with Crippen molar-refractivity contribution in [3.63, 3.8) is 0 Å². The number of aromatic nitrogens is 3. The molecule has 0 radical (unpaired) electrons. The molecule has 11 aliphatic rings. The van der Waals surface area contributed by atoms with Crippen molar-refractivity contribution in [3.05, 3.63) is 53.9 Å². The number of nitrogens with one attached hydrogen (secondary N) is 2. The van der Waals surface area contributed by atoms with Crippen molar-refractivity contribution < 1.29 is 51.0 Å². The van der Waals surface area contributed by atoms with Crippen LogP contribution >= 0.6 is 0 Å². The maximum Gasteiger partial charge on any atom is 0.406 e. The number of halogens is 3. The third-order valence-electron chi connectivity index (χ3n) is 21.6. The average Bonchev–Trinajstić information content (AvgIpc) is 1.78. The van der Waals surface area contributed by atoms with Crippen LogP contribution in [0.2, 0.25) is 0 Å². The Hall–Kier alpha value is -5.69. The molecule has 482 valence electrons. The van der Waals surface area contributed by atoms with Crippen molar-refractivity contribution >= 4 is 40.3 Å². The van der Waals surface area contributed by atoms with Gasteiger partial charge in [-0.25, -0.2) is 10.4 Å². The van der Waals surface area contributed by atoms with Crippen LogP contribution in [-0.4, -0.2) is 216 Å². The number of oxazole rings is 1. The van der Waals surface area contributed by atoms with E-state index in [9.17, 15) is 9.59 Å². The van der Waals surface area contributed by atoms with E-state index in [1.54, 1.807) is 24.3 Å². The van der Waals surface area contributed by atoms with Crippen LogP contribution < -0.4 is 15.6 Å². The van der Waals surface area contributed by atoms with E-state index < -0.39 is 60.3 Å². The number of hydrazine groups is 1. The molecule has 4 aromatic rings. The highest BCUT2D eigenvalue weighted by atomic mass is 19.4. The number of piperazine rings is 1. The summed E-state index contributed by atoms with van der Waals surface area (Å²) in [6.07, 6.45) is 9.32. The lowest BCUT2D eigenvalue weighted by Crippen LogP contribution is -2.72. The molecular weight excluding hydrogens is 1150 g/mol. The molecule has 3 amide bonds. The summed E-state index contributed by atoms with van der Waals surface area (Å²) in [4.78, 5) is 84.2. The lowest BCUT2D eigenvalue weighted by atomic mass is 9.73. The van der Waals surface area contributed by atoms with E-state index in [1.807, 2.05) is 44.0 Å². The Morgan fingerprint density at radius 1 is 0.876 bits per heavy atom. The van der Waals surface area contributed by atoms with E-state index in [0.717, 1.165) is 57.5 Å². The van der Waals surface area contributed by atoms with Gasteiger partial charge in [0.2, 0.25) is 17.7 Å². The first-order chi connectivity index (χ1) is 42.9. The monoisotopic (exact) mass is 1230 g/mol. The summed E-state index contributed by atoms with van der Waals surface area (Å²) in [5.74, 6) is -0.297. The van der Waals surface area contributed by atoms with Gasteiger partial charge in [-0.1, -0.05) is 32.8 Å². The Labute approximate surface area is 519 Å². The number of likely N-dealkylation sites (N-methyl/N-ethyl adjacent to an activating group) is 1. The van der Waals surface area contributed by atoms with Gasteiger partial charge >= 0.3 is 12.1 Å². The molecule has 4 aliphatic carbocycles. The van der Waals surface area contributed by atoms with Crippen LogP contribution in [0.1, 0.15) is 127 Å². The van der Waals surface area contributed by atoms with E-state index in [0.29, 0.717) is 141 Å². The van der Waals surface area contributed by atoms with Gasteiger partial charge in [-0.15, -0.1) is 0 Å². The molecule has 4 saturated carbocycles. The molecule has 8 bridgehead atoms. The molecule has 1 unspecified atom stereocenters. The zero-order valence-electron chi connectivity index (χ0n) is 52.4. The number of benzene rings is 1. The van der Waals surface area contributed by atoms with Crippen LogP contribution in [0.5, 0.6) is 0 Å². The van der Waals surface area contributed by atoms with Gasteiger partial charge in [0.25, 0.3) is 5.91 Å². The molecule has 8 atom stereocenters. The molecule has 20 nitrogen and oxygen atoms in total. The number of fused-ring (bicyclic) bond motifs is 4. The number of cyclic esters (lactones) is 1. The third-order valence-corrected chi connectivity index (χ3v) is 21.6. The van der Waals surface area contributed by atoms with Crippen molar-refractivity contribution in [1.29, 1.82) is 0 Å². The topological polar surface area (TPSA) is 186 Å². The second kappa shape index (κ2) is 24.4. The van der Waals surface area contributed by atoms with Gasteiger partial charge < -0.3 is 38.3 Å². The standard InChI is InChI=1S/C66H89F3N12O8/c1-39(86-5)52-48(33-46(35-70-52)76-24-22-75(23-25-76)44-15-16-44)57-49-34-65(2,3)38-89-64(85)53-43-30-45(31-43)81(73-53)62(83)54(58(78-26-28-87-29-27-78)61-71-50(36-88-61)42-14-17-51(47(49)32-42)80(57)37-66(67,68)69)72-60(82)56(40-10-6-7-11-40)77-18-8-20-79(21-9-19-77)63(84)59-55(74(59)4)41-12-13-41/h14,17,32-33,35-36,39-41,43-45,53-56,58-59,73H,6-13,15-16,18-31,34,37-38H2,1-5H3,(H,72,82)/t39-,43?,45?,53-,54-,55+,56-,58-,59+,74?/m0/s1. The van der Waals surface area contributed by atoms with Gasteiger partial charge in [-0.05, 0) is 126 Å². The van der Waals surface area contributed by atoms with E-state index in [4.69, 9.17) is 28.6 Å². The highest BCUT2D eigenvalue weighted by Gasteiger charge is 2.58. The highest BCUT2D eigenvalue weighted by Crippen LogP contribution is 2.48. The summed E-state index contributed by atoms with van der Waals surface area (Å²) in [6, 6.07) is 4.33. The average molecular weight is 1240 g/mol. The summed E-state index contributed by atoms with van der Waals surface area (Å²) in [6.45, 7) is 11.6. The van der Waals surface area contributed by atoms with Gasteiger partial charge in [-0.2, -0.15) is 13.2 Å². The number of rotatable bonds is 13. The minimum absolute atomic E-state index is 0.0363. The van der Waals surface area contributed by atoms with Gasteiger partial charge in [-0.3, -0.25) is 48.8 Å². The number of ether oxygens (including phenoxy) is 3. The van der Waals surface area contributed by atoms with Gasteiger partial charge in [0.15, 0.2) is 0 Å². The van der Waals surface area contributed by atoms with Crippen molar-refractivity contribution in [2.75, 3.05) is 104 Å². The molecule has 10 fully saturated rings. The fourth-order valence-corrected chi connectivity index (χ4v) is 16.4. The molecule has 89 heavy (non-hydrogen) atoms. The van der Waals surface area contributed by atoms with Crippen molar-refractivity contribution in [2.45, 2.75) is 171 Å². The highest BCUT2D eigenvalue weighted by molar-refractivity contribution is 5.96. The van der Waals surface area contributed by atoms with Gasteiger partial charge in [0, 0.05) is 118 Å². The van der Waals surface area contributed by atoms with Crippen LogP contribution in [-0.2, 0) is 46.4 Å². The zero-order chi connectivity index (χ0) is 61.6. The SMILES string of the molecule is CO[C@@H](C)c1ncc(N2CCN(C3CC3)CC2)cc1-c1c2c3cc(ccc3n1CC(F)(F)F)-c1coc(n1)[C@@H](N1CCOCC1)[C@H](NC(=O)[C@H](C1CCCC1)N1CCCN(C(=O)[C@H]3[C@@H](C4CC4)N3C)CCC1)C(=O)N1N[C@H](C(=O)OCC(C)(C)C2)C2CC1C2. The van der Waals surface area contributed by atoms with Gasteiger partial charge in [0.05, 0.1) is 55.2 Å². The summed E-state index contributed by atoms with van der Waals surface area (Å²) in [5.41, 5.74) is 6.63. The molecule has 0 spiro atoms. The number of nitrogens with zero attached hydrogens (tertiary/aromatic N) is 10. The first-order valence-electron chi connectivity index (χ1n) is 33.2. The summed E-state index contributed by atoms with van der Waals surface area (Å²) in [5, 5.41) is 5.52. The Morgan fingerprint density at radius 3 is 2.29 bits per heavy atom. The number of carbonyl (C=O) groups excluding carboxylic acids is 4. The quantitative estimate of drug-likeness (QED) is 0.103. The molecule has 2 N–H and O–H groups in total. The van der Waals surface area contributed by atoms with E-state index >= 15 is 22.8 Å². The van der Waals surface area contributed by atoms with Crippen LogP contribution in [0.15, 0.2) is 41.1 Å². The lowest BCUT2D eigenvalue weighted by molar-refractivity contribution is -0.172. The van der Waals surface area contributed by atoms with Crippen LogP contribution in [0.4, 0.5) is 18.9 Å². The summed E-state index contributed by atoms with van der Waals surface area (Å²) >= 11 is 0. The number of pyridine rings is 1. The molecule has 10 heterocycles. The minimum atomic E-state index is -4.63. The Bertz CT molecular complexity index is 3280. The molecular formula is C66H89F3N12O8. The molecule has 6 saturated heterocycles. The van der Waals surface area contributed by atoms with Crippen LogP contribution in [0.3, 0.4) is 0 Å². The normalized spacial score (nSPS) is 30.1. The van der Waals surface area contributed by atoms with Crippen LogP contribution in [0.25, 0.3) is 33.4 Å². The number of morpholine rings is 1. The fraction of sp³-hybridized carbons (Fsp3) is 0.697. The number of hydrogen-bond acceptors (Lipinski definition) is 16. The number of amides is 3. The molecule has 3 aromatic heterocycles. The maximum absolute atomic E-state index is 16.0. The molecule has 7 aliphatic heterocycles. The van der Waals surface area contributed by atoms with Crippen molar-refractivity contribution in [3.8, 4) is 22.5 Å². The maximum atomic E-state index is 16.0. The second-order valence-corrected chi connectivity index (χ2v) is 28.3. The molecule has 15 rings (SSSR count). The predicted octanol–water partition coefficient (Wildman–Crippen LogP) is 6.97. The number of carbonyl (C=O) groups is 4. The number of hydrogen-bond donors (Lipinski definition) is 2. The smallest absolute Gasteiger partial charge is 0.406 e. The number of methoxy groups -OCH3 is 1. The van der Waals surface area contributed by atoms with E-state index in [1.165, 1.54) is 36.5 Å². The largest absolute Gasteiger partial charge is 0.464 e. The fourth-order valence-electron chi connectivity index (χ4n) is 16.4. The molecule has 23 heteroatoms. The number of esters is 1. The Morgan fingerprint density at radius 2 is 1.61 bits per heavy atom. The zero-order valence-corrected chi connectivity index (χ0v) is 52.4. The first-order valence-corrected chi connectivity index (χ1v) is 33.2. The second-order valence-electron chi connectivity index (χ2n) is 28.3. The van der Waals surface area contributed by atoms with Gasteiger partial charge in [0.1, 0.15) is 42.7 Å². The molecule has 1 aromatic carbocycles. The minimum Gasteiger partial charge on any atom is -0.464 e. The summed E-state index contributed by atoms with van der Waals surface area (Å²) < 4.78 is 72.4. The van der Waals surface area contributed by atoms with Crippen LogP contribution in [0, 0.1) is 23.2 Å². The third kappa shape index (κ3) is 12.2. The van der Waals surface area contributed by atoms with E-state index in [2.05, 4.69) is 42.3 Å². The number of alkyl halides is 3. The Balaban J connectivity index is 0.855. The number of anilines is 1. The Kier molecular flexibility index (Phi) is 16.7. The summed E-state index contributed by atoms with van der Waals surface area (Å²) in [7, 11) is 3.64. The first kappa shape index (κ1) is 60.8. The van der Waals surface area contributed by atoms with Crippen molar-refractivity contribution in [1.82, 2.24) is 54.8 Å². The van der Waals surface area contributed by atoms with Crippen molar-refractivity contribution in [2.24, 2.45) is 23.2 Å².